The molecule has 2 aromatic carbocycles. The van der Waals surface area contributed by atoms with Crippen molar-refractivity contribution in [2.24, 2.45) is 0 Å². The van der Waals surface area contributed by atoms with Gasteiger partial charge in [-0.05, 0) is 25.1 Å². The maximum Gasteiger partial charge on any atom is 0.204 e. The summed E-state index contributed by atoms with van der Waals surface area (Å²) in [5.41, 5.74) is 6.43. The number of rotatable bonds is 9. The van der Waals surface area contributed by atoms with Crippen LogP contribution in [0.15, 0.2) is 36.4 Å². The highest BCUT2D eigenvalue weighted by Crippen LogP contribution is 2.43. The molecule has 0 amide bonds. The number of fused-ring (bicyclic) bond motifs is 1. The zero-order valence-electron chi connectivity index (χ0n) is 15.7. The lowest BCUT2D eigenvalue weighted by atomic mass is 10.2. The number of hydrogen-bond donors (Lipinski definition) is 2. The molecule has 0 aromatic heterocycles. The van der Waals surface area contributed by atoms with Crippen molar-refractivity contribution in [3.05, 3.63) is 36.4 Å². The number of methoxy groups -OCH3 is 2. The van der Waals surface area contributed by atoms with Crippen molar-refractivity contribution in [1.82, 2.24) is 5.32 Å². The molecule has 7 nitrogen and oxygen atoms in total. The van der Waals surface area contributed by atoms with Gasteiger partial charge >= 0.3 is 0 Å². The van der Waals surface area contributed by atoms with E-state index in [4.69, 9.17) is 29.4 Å². The van der Waals surface area contributed by atoms with E-state index >= 15 is 0 Å². The van der Waals surface area contributed by atoms with Gasteiger partial charge in [0.2, 0.25) is 5.75 Å². The molecule has 0 bridgehead atoms. The zero-order valence-corrected chi connectivity index (χ0v) is 15.7. The zero-order chi connectivity index (χ0) is 19.1. The van der Waals surface area contributed by atoms with E-state index in [2.05, 4.69) is 5.32 Å². The van der Waals surface area contributed by atoms with E-state index < -0.39 is 0 Å². The third-order valence-electron chi connectivity index (χ3n) is 4.16. The van der Waals surface area contributed by atoms with Crippen molar-refractivity contribution in [1.29, 1.82) is 0 Å². The van der Waals surface area contributed by atoms with Gasteiger partial charge in [0, 0.05) is 30.4 Å². The van der Waals surface area contributed by atoms with E-state index in [0.29, 0.717) is 48.4 Å². The summed E-state index contributed by atoms with van der Waals surface area (Å²) >= 11 is 0. The van der Waals surface area contributed by atoms with E-state index in [1.807, 2.05) is 24.3 Å². The smallest absolute Gasteiger partial charge is 0.204 e. The van der Waals surface area contributed by atoms with Gasteiger partial charge in [0.05, 0.1) is 20.8 Å². The number of benzene rings is 2. The summed E-state index contributed by atoms with van der Waals surface area (Å²) in [7, 11) is 3.20. The number of ether oxygens (including phenoxy) is 5. The Labute approximate surface area is 159 Å². The van der Waals surface area contributed by atoms with Gasteiger partial charge in [-0.25, -0.2) is 0 Å². The van der Waals surface area contributed by atoms with Crippen LogP contribution in [-0.4, -0.2) is 46.6 Å². The van der Waals surface area contributed by atoms with Crippen molar-refractivity contribution in [2.75, 3.05) is 46.3 Å². The summed E-state index contributed by atoms with van der Waals surface area (Å²) in [4.78, 5) is 0. The van der Waals surface area contributed by atoms with Crippen molar-refractivity contribution < 1.29 is 23.7 Å². The maximum absolute atomic E-state index is 6.03. The van der Waals surface area contributed by atoms with Crippen LogP contribution in [0.25, 0.3) is 0 Å². The van der Waals surface area contributed by atoms with Gasteiger partial charge in [0.1, 0.15) is 24.2 Å². The van der Waals surface area contributed by atoms with Crippen LogP contribution in [0.3, 0.4) is 0 Å². The van der Waals surface area contributed by atoms with E-state index in [0.717, 1.165) is 18.7 Å². The predicted molar refractivity (Wildman–Crippen MR) is 103 cm³/mol. The molecule has 1 atom stereocenters. The minimum atomic E-state index is -0.0883. The lowest BCUT2D eigenvalue weighted by Gasteiger charge is -2.28. The molecule has 3 N–H and O–H groups in total. The topological polar surface area (TPSA) is 84.2 Å². The van der Waals surface area contributed by atoms with Crippen LogP contribution in [0.5, 0.6) is 28.7 Å². The number of nitrogens with one attached hydrogen (secondary N) is 1. The minimum absolute atomic E-state index is 0.0883. The summed E-state index contributed by atoms with van der Waals surface area (Å²) < 4.78 is 28.1. The highest BCUT2D eigenvalue weighted by atomic mass is 16.6. The molecule has 27 heavy (non-hydrogen) atoms. The molecule has 1 aliphatic rings. The Morgan fingerprint density at radius 1 is 1.15 bits per heavy atom. The number of nitrogen functional groups attached to an aromatic ring is 1. The standard InChI is InChI=1S/C20H26N2O5/c1-23-16-10-18(24-2)20-19(11-16)26-13-17(27-20)12-22-7-4-8-25-15-6-3-5-14(21)9-15/h3,5-6,9-11,17,22H,4,7-8,12-13,21H2,1-2H3. The van der Waals surface area contributed by atoms with Gasteiger partial charge in [0.15, 0.2) is 11.5 Å². The third kappa shape index (κ3) is 5.10. The molecule has 1 heterocycles. The Bertz CT molecular complexity index is 736. The third-order valence-corrected chi connectivity index (χ3v) is 4.16. The summed E-state index contributed by atoms with van der Waals surface area (Å²) in [6.07, 6.45) is 0.786. The van der Waals surface area contributed by atoms with Gasteiger partial charge in [-0.1, -0.05) is 6.07 Å². The minimum Gasteiger partial charge on any atom is -0.496 e. The van der Waals surface area contributed by atoms with Crippen LogP contribution in [-0.2, 0) is 0 Å². The Balaban J connectivity index is 1.40. The molecule has 1 unspecified atom stereocenters. The molecule has 0 spiro atoms. The lowest BCUT2D eigenvalue weighted by molar-refractivity contribution is 0.0858. The first-order chi connectivity index (χ1) is 13.2. The normalized spacial score (nSPS) is 15.3. The van der Waals surface area contributed by atoms with Gasteiger partial charge < -0.3 is 34.7 Å². The van der Waals surface area contributed by atoms with Crippen LogP contribution < -0.4 is 34.7 Å². The monoisotopic (exact) mass is 374 g/mol. The van der Waals surface area contributed by atoms with Crippen LogP contribution >= 0.6 is 0 Å². The SMILES string of the molecule is COc1cc(OC)c2c(c1)OCC(CNCCCOc1cccc(N)c1)O2. The van der Waals surface area contributed by atoms with Gasteiger partial charge in [-0.3, -0.25) is 0 Å². The largest absolute Gasteiger partial charge is 0.496 e. The van der Waals surface area contributed by atoms with Gasteiger partial charge in [0.25, 0.3) is 0 Å². The second-order valence-electron chi connectivity index (χ2n) is 6.19. The van der Waals surface area contributed by atoms with Crippen LogP contribution in [0.2, 0.25) is 0 Å². The quantitative estimate of drug-likeness (QED) is 0.515. The Kier molecular flexibility index (Phi) is 6.49. The summed E-state index contributed by atoms with van der Waals surface area (Å²) in [6.45, 7) is 2.58. The van der Waals surface area contributed by atoms with Crippen molar-refractivity contribution in [3.8, 4) is 28.7 Å². The highest BCUT2D eigenvalue weighted by molar-refractivity contribution is 5.56. The lowest BCUT2D eigenvalue weighted by Crippen LogP contribution is -2.39. The van der Waals surface area contributed by atoms with E-state index in [9.17, 15) is 0 Å². The van der Waals surface area contributed by atoms with Crippen LogP contribution in [0.1, 0.15) is 6.42 Å². The number of nitrogens with two attached hydrogens (primary N) is 1. The fraction of sp³-hybridized carbons (Fsp3) is 0.400. The molecule has 1 aliphatic heterocycles. The molecule has 0 radical (unpaired) electrons. The fourth-order valence-electron chi connectivity index (χ4n) is 2.78. The summed E-state index contributed by atoms with van der Waals surface area (Å²) in [6, 6.07) is 11.0. The first-order valence-electron chi connectivity index (χ1n) is 8.94. The van der Waals surface area contributed by atoms with Crippen molar-refractivity contribution in [3.63, 3.8) is 0 Å². The van der Waals surface area contributed by atoms with E-state index in [1.165, 1.54) is 0 Å². The molecule has 7 heteroatoms. The van der Waals surface area contributed by atoms with Gasteiger partial charge in [-0.2, -0.15) is 0 Å². The molecule has 0 saturated carbocycles. The van der Waals surface area contributed by atoms with Gasteiger partial charge in [-0.15, -0.1) is 0 Å². The average Bonchev–Trinajstić information content (AvgIpc) is 2.69. The molecule has 3 rings (SSSR count). The van der Waals surface area contributed by atoms with Crippen molar-refractivity contribution in [2.45, 2.75) is 12.5 Å². The number of anilines is 1. The second-order valence-corrected chi connectivity index (χ2v) is 6.19. The summed E-state index contributed by atoms with van der Waals surface area (Å²) in [5, 5.41) is 3.37. The Morgan fingerprint density at radius 2 is 2.04 bits per heavy atom. The molecule has 0 saturated heterocycles. The highest BCUT2D eigenvalue weighted by Gasteiger charge is 2.25. The fourth-order valence-corrected chi connectivity index (χ4v) is 2.78. The Morgan fingerprint density at radius 3 is 2.81 bits per heavy atom. The number of hydrogen-bond acceptors (Lipinski definition) is 7. The predicted octanol–water partition coefficient (Wildman–Crippen LogP) is 2.48. The van der Waals surface area contributed by atoms with Crippen LogP contribution in [0.4, 0.5) is 5.69 Å². The molecule has 0 aliphatic carbocycles. The Hall–Kier alpha value is -2.80. The first kappa shape index (κ1) is 19.0. The van der Waals surface area contributed by atoms with E-state index in [-0.39, 0.29) is 6.10 Å². The average molecular weight is 374 g/mol. The summed E-state index contributed by atoms with van der Waals surface area (Å²) in [5.74, 6) is 3.31. The maximum atomic E-state index is 6.03. The first-order valence-corrected chi connectivity index (χ1v) is 8.94. The van der Waals surface area contributed by atoms with E-state index in [1.54, 1.807) is 26.4 Å². The molecular weight excluding hydrogens is 348 g/mol. The second kappa shape index (κ2) is 9.23. The van der Waals surface area contributed by atoms with Crippen LogP contribution in [0, 0.1) is 0 Å². The molecular formula is C20H26N2O5. The van der Waals surface area contributed by atoms with Crippen molar-refractivity contribution >= 4 is 5.69 Å². The molecule has 146 valence electrons. The molecule has 2 aromatic rings. The molecule has 0 fully saturated rings.